The van der Waals surface area contributed by atoms with Gasteiger partial charge in [-0.2, -0.15) is 0 Å². The lowest BCUT2D eigenvalue weighted by Gasteiger charge is -2.69. The predicted octanol–water partition coefficient (Wildman–Crippen LogP) is 9.27. The van der Waals surface area contributed by atoms with E-state index in [9.17, 15) is 29.1 Å². The summed E-state index contributed by atoms with van der Waals surface area (Å²) in [6, 6.07) is 15.8. The van der Waals surface area contributed by atoms with Gasteiger partial charge in [0.1, 0.15) is 48.1 Å². The van der Waals surface area contributed by atoms with Crippen LogP contribution in [0.15, 0.2) is 84.0 Å². The van der Waals surface area contributed by atoms with E-state index in [0.29, 0.717) is 35.1 Å². The number of esters is 5. The lowest BCUT2D eigenvalue weighted by Crippen LogP contribution is -2.81. The van der Waals surface area contributed by atoms with Crippen molar-refractivity contribution in [3.8, 4) is 0 Å². The third-order valence-corrected chi connectivity index (χ3v) is 16.8. The van der Waals surface area contributed by atoms with Gasteiger partial charge in [0.15, 0.2) is 5.60 Å². The van der Waals surface area contributed by atoms with Gasteiger partial charge in [0, 0.05) is 50.7 Å². The lowest BCUT2D eigenvalue weighted by atomic mass is 9.42. The quantitative estimate of drug-likeness (QED) is 0.0655. The van der Waals surface area contributed by atoms with Crippen LogP contribution in [0.25, 0.3) is 0 Å². The fraction of sp³-hybridized carbons (Fsp3) is 0.627. The summed E-state index contributed by atoms with van der Waals surface area (Å²) in [5.41, 5.74) is -6.60. The molecule has 11 atom stereocenters. The van der Waals surface area contributed by atoms with Crippen molar-refractivity contribution in [1.82, 2.24) is 5.32 Å². The molecule has 4 saturated carbocycles. The van der Waals surface area contributed by atoms with E-state index in [1.165, 1.54) is 33.1 Å². The molecule has 8 rings (SSSR count). The van der Waals surface area contributed by atoms with Gasteiger partial charge in [-0.3, -0.25) is 19.2 Å². The Morgan fingerprint density at radius 3 is 2.09 bits per heavy atom. The summed E-state index contributed by atoms with van der Waals surface area (Å²) in [5, 5.41) is 16.9. The average Bonchev–Trinajstić information content (AvgIpc) is 4.29. The zero-order valence-corrected chi connectivity index (χ0v) is 45.7. The van der Waals surface area contributed by atoms with Gasteiger partial charge in [0.2, 0.25) is 0 Å². The Bertz CT molecular complexity index is 2500. The third-order valence-electron chi connectivity index (χ3n) is 16.8. The van der Waals surface area contributed by atoms with Crippen LogP contribution in [0, 0.1) is 34.0 Å². The highest BCUT2D eigenvalue weighted by molar-refractivity contribution is 5.89. The molecule has 16 heteroatoms. The molecule has 5 aliphatic carbocycles. The molecule has 16 nitrogen and oxygen atoms in total. The number of carbonyl (C=O) groups is 6. The molecule has 0 unspecified atom stereocenters. The second-order valence-electron chi connectivity index (χ2n) is 23.1. The fourth-order valence-corrected chi connectivity index (χ4v) is 12.7. The second-order valence-corrected chi connectivity index (χ2v) is 23.1. The number of hydrogen-bond acceptors (Lipinski definition) is 15. The fourth-order valence-electron chi connectivity index (χ4n) is 12.7. The van der Waals surface area contributed by atoms with Gasteiger partial charge in [-0.15, -0.1) is 0 Å². The minimum absolute atomic E-state index is 0.000424. The van der Waals surface area contributed by atoms with Crippen molar-refractivity contribution in [3.05, 3.63) is 95.1 Å². The smallest absolute Gasteiger partial charge is 0.408 e. The maximum atomic E-state index is 15.1. The normalized spacial score (nSPS) is 30.7. The maximum absolute atomic E-state index is 15.1. The van der Waals surface area contributed by atoms with Crippen LogP contribution in [-0.4, -0.2) is 109 Å². The van der Waals surface area contributed by atoms with Crippen LogP contribution in [0.2, 0.25) is 0 Å². The highest BCUT2D eigenvalue weighted by atomic mass is 16.6. The van der Waals surface area contributed by atoms with Crippen molar-refractivity contribution < 1.29 is 71.8 Å². The number of rotatable bonds is 17. The van der Waals surface area contributed by atoms with Crippen molar-refractivity contribution in [2.75, 3.05) is 26.4 Å². The van der Waals surface area contributed by atoms with E-state index in [1.54, 1.807) is 109 Å². The predicted molar refractivity (Wildman–Crippen MR) is 276 cm³/mol. The highest BCUT2D eigenvalue weighted by Crippen LogP contribution is 2.82. The summed E-state index contributed by atoms with van der Waals surface area (Å²) in [5.74, 6) is -4.06. The first-order valence-corrected chi connectivity index (χ1v) is 26.7. The lowest BCUT2D eigenvalue weighted by molar-refractivity contribution is -0.357. The summed E-state index contributed by atoms with van der Waals surface area (Å²) in [6.07, 6.45) is 0.400. The molecule has 1 amide bonds. The molecule has 5 fully saturated rings. The summed E-state index contributed by atoms with van der Waals surface area (Å²) in [6.45, 7) is 24.5. The van der Waals surface area contributed by atoms with Crippen molar-refractivity contribution >= 4 is 35.9 Å². The van der Waals surface area contributed by atoms with Crippen molar-refractivity contribution in [1.29, 1.82) is 0 Å². The molecular formula is C59H79NO15. The summed E-state index contributed by atoms with van der Waals surface area (Å²) in [4.78, 5) is 82.4. The van der Waals surface area contributed by atoms with Crippen LogP contribution in [0.4, 0.5) is 4.79 Å². The number of fused-ring (bicyclic) bond motifs is 4. The molecule has 0 aromatic heterocycles. The SMILES string of the molecule is C=C1[C@H](OC(C)=O)C2=C(C)[C@@H](OC(=O)[C@H](COC(=O)CC)[C@@H](NC(=O)OC(C)(C)C)c3ccccc3)C[C@@](O)([C@@H](OC(=O)c3ccccc3)[C@]3(C)[C@]4(OC(C)=O)CO[C@@H]4C[C@@H]4C[C@@]143)C2(C)C.CCCOCCC1CC1. The highest BCUT2D eigenvalue weighted by Gasteiger charge is 2.88. The van der Waals surface area contributed by atoms with E-state index < -0.39 is 112 Å². The number of ether oxygens (including phenoxy) is 8. The molecular weight excluding hydrogens is 963 g/mol. The third kappa shape index (κ3) is 11.0. The van der Waals surface area contributed by atoms with Gasteiger partial charge in [-0.25, -0.2) is 9.59 Å². The number of aliphatic hydroxyl groups is 1. The molecule has 0 radical (unpaired) electrons. The van der Waals surface area contributed by atoms with Crippen molar-refractivity contribution in [2.24, 2.45) is 34.0 Å². The van der Waals surface area contributed by atoms with Gasteiger partial charge >= 0.3 is 35.9 Å². The van der Waals surface area contributed by atoms with Crippen LogP contribution < -0.4 is 5.32 Å². The van der Waals surface area contributed by atoms with Gasteiger partial charge < -0.3 is 48.3 Å². The molecule has 410 valence electrons. The second kappa shape index (κ2) is 22.2. The molecule has 2 N–H and O–H groups in total. The largest absolute Gasteiger partial charge is 0.465 e. The first kappa shape index (κ1) is 57.1. The van der Waals surface area contributed by atoms with E-state index in [-0.39, 0.29) is 30.9 Å². The Labute approximate surface area is 441 Å². The van der Waals surface area contributed by atoms with E-state index in [1.807, 2.05) is 6.92 Å². The van der Waals surface area contributed by atoms with Crippen LogP contribution in [0.3, 0.4) is 0 Å². The van der Waals surface area contributed by atoms with Crippen LogP contribution in [0.5, 0.6) is 0 Å². The summed E-state index contributed by atoms with van der Waals surface area (Å²) >= 11 is 0. The van der Waals surface area contributed by atoms with E-state index in [4.69, 9.17) is 37.9 Å². The first-order valence-electron chi connectivity index (χ1n) is 26.7. The number of amides is 1. The Kier molecular flexibility index (Phi) is 16.9. The van der Waals surface area contributed by atoms with E-state index in [2.05, 4.69) is 18.8 Å². The van der Waals surface area contributed by atoms with Gasteiger partial charge in [0.25, 0.3) is 0 Å². The van der Waals surface area contributed by atoms with E-state index in [0.717, 1.165) is 25.6 Å². The van der Waals surface area contributed by atoms with E-state index >= 15 is 4.79 Å². The Hall–Kier alpha value is -5.58. The minimum atomic E-state index is -2.19. The number of hydrogen-bond donors (Lipinski definition) is 2. The first-order chi connectivity index (χ1) is 35.3. The molecule has 2 aromatic rings. The Morgan fingerprint density at radius 2 is 1.53 bits per heavy atom. The summed E-state index contributed by atoms with van der Waals surface area (Å²) in [7, 11) is 0. The van der Waals surface area contributed by atoms with Gasteiger partial charge in [0.05, 0.1) is 23.6 Å². The average molecular weight is 1040 g/mol. The van der Waals surface area contributed by atoms with Crippen LogP contribution in [0.1, 0.15) is 149 Å². The number of benzene rings is 2. The molecule has 2 aromatic carbocycles. The van der Waals surface area contributed by atoms with Gasteiger partial charge in [-0.05, 0) is 99.6 Å². The molecule has 2 bridgehead atoms. The maximum Gasteiger partial charge on any atom is 0.408 e. The Balaban J connectivity index is 0.000000824. The topological polar surface area (TPSA) is 209 Å². The van der Waals surface area contributed by atoms with Crippen molar-refractivity contribution in [2.45, 2.75) is 175 Å². The molecule has 1 heterocycles. The number of alkyl carbamates (subject to hydrolysis) is 1. The Morgan fingerprint density at radius 1 is 0.880 bits per heavy atom. The van der Waals surface area contributed by atoms with Crippen LogP contribution in [-0.2, 0) is 57.1 Å². The number of carbonyl (C=O) groups excluding carboxylic acids is 6. The minimum Gasteiger partial charge on any atom is -0.465 e. The summed E-state index contributed by atoms with van der Waals surface area (Å²) < 4.78 is 48.7. The molecule has 1 aliphatic heterocycles. The molecule has 1 saturated heterocycles. The van der Waals surface area contributed by atoms with Crippen molar-refractivity contribution in [3.63, 3.8) is 0 Å². The van der Waals surface area contributed by atoms with Gasteiger partial charge in [-0.1, -0.05) is 103 Å². The standard InChI is InChI=1S/C51H63NO14.C8H16O/c1-12-38(55)60-26-35(40(32-19-15-13-16-20-32)52-45(58)66-46(6,7)8)43(57)63-36-25-50(59)44(64-42(56)33-21-17-14-18-22-33)48(11)49(24-34(49)23-37-51(48,27-61-37)65-31(5)54)29(3)41(62-30(4)53)39(28(36)2)47(50,9)10;1-2-6-9-7-5-8-3-4-8/h13-22,34-37,40-41,44,59H,3,12,23-27H2,1-2,4-11H3,(H,52,58);8H,2-7H2,1H3/t34-,35-,36+,37-,40+,41+,44+,48+,49-,50-,51+;/m1./s1. The zero-order valence-electron chi connectivity index (χ0n) is 45.7. The van der Waals surface area contributed by atoms with Crippen LogP contribution >= 0.6 is 0 Å². The molecule has 6 aliphatic rings. The zero-order chi connectivity index (χ0) is 54.9. The number of nitrogens with one attached hydrogen (secondary N) is 1. The molecule has 1 spiro atoms. The molecule has 75 heavy (non-hydrogen) atoms. The monoisotopic (exact) mass is 1040 g/mol.